The van der Waals surface area contributed by atoms with E-state index >= 15 is 0 Å². The molecule has 1 spiro atoms. The van der Waals surface area contributed by atoms with Gasteiger partial charge in [-0.3, -0.25) is 4.99 Å². The molecule has 1 heterocycles. The van der Waals surface area contributed by atoms with Gasteiger partial charge in [0.1, 0.15) is 0 Å². The number of piperidine rings is 1. The molecule has 0 bridgehead atoms. The maximum atomic E-state index is 6.07. The quantitative estimate of drug-likeness (QED) is 0.571. The Labute approximate surface area is 165 Å². The number of aliphatic imine (C=N–C) groups is 1. The molecule has 0 aromatic heterocycles. The average molecular weight is 377 g/mol. The molecule has 0 radical (unpaired) electrons. The van der Waals surface area contributed by atoms with Gasteiger partial charge in [0.15, 0.2) is 5.96 Å². The average Bonchev–Trinajstić information content (AvgIpc) is 3.40. The first-order valence-corrected chi connectivity index (χ1v) is 11.6. The topological polar surface area (TPSA) is 48.9 Å². The molecule has 4 aliphatic rings. The highest BCUT2D eigenvalue weighted by Gasteiger charge is 2.57. The van der Waals surface area contributed by atoms with Gasteiger partial charge in [-0.05, 0) is 51.9 Å². The molecule has 1 aliphatic heterocycles. The summed E-state index contributed by atoms with van der Waals surface area (Å²) in [6, 6.07) is 1.97. The van der Waals surface area contributed by atoms with Crippen molar-refractivity contribution in [2.24, 2.45) is 10.4 Å². The predicted octanol–water partition coefficient (Wildman–Crippen LogP) is 3.30. The molecular formula is C22H40N4O. The largest absolute Gasteiger partial charge is 0.378 e. The molecule has 5 nitrogen and oxygen atoms in total. The first-order chi connectivity index (χ1) is 13.2. The van der Waals surface area contributed by atoms with Crippen LogP contribution in [0.5, 0.6) is 0 Å². The number of ether oxygens (including phenoxy) is 1. The predicted molar refractivity (Wildman–Crippen MR) is 111 cm³/mol. The zero-order valence-corrected chi connectivity index (χ0v) is 17.5. The summed E-state index contributed by atoms with van der Waals surface area (Å²) in [5.41, 5.74) is 0.361. The Morgan fingerprint density at radius 3 is 2.37 bits per heavy atom. The summed E-state index contributed by atoms with van der Waals surface area (Å²) in [5, 5.41) is 7.52. The van der Waals surface area contributed by atoms with Crippen molar-refractivity contribution >= 4 is 5.96 Å². The Bertz CT molecular complexity index is 502. The number of guanidine groups is 1. The van der Waals surface area contributed by atoms with E-state index in [1.54, 1.807) is 0 Å². The molecule has 5 heteroatoms. The molecule has 0 aromatic carbocycles. The van der Waals surface area contributed by atoms with Crippen LogP contribution >= 0.6 is 0 Å². The van der Waals surface area contributed by atoms with Crippen LogP contribution < -0.4 is 10.6 Å². The van der Waals surface area contributed by atoms with Gasteiger partial charge in [-0.1, -0.05) is 25.7 Å². The molecular weight excluding hydrogens is 336 g/mol. The van der Waals surface area contributed by atoms with Crippen LogP contribution in [0.25, 0.3) is 0 Å². The summed E-state index contributed by atoms with van der Waals surface area (Å²) < 4.78 is 6.07. The van der Waals surface area contributed by atoms with Crippen molar-refractivity contribution < 1.29 is 4.74 Å². The highest BCUT2D eigenvalue weighted by molar-refractivity contribution is 5.80. The van der Waals surface area contributed by atoms with Gasteiger partial charge < -0.3 is 20.3 Å². The summed E-state index contributed by atoms with van der Waals surface area (Å²) >= 11 is 0. The van der Waals surface area contributed by atoms with E-state index < -0.39 is 0 Å². The van der Waals surface area contributed by atoms with Gasteiger partial charge in [0.2, 0.25) is 0 Å². The fourth-order valence-electron chi connectivity index (χ4n) is 6.30. The molecule has 3 aliphatic carbocycles. The number of likely N-dealkylation sites (tertiary alicyclic amines) is 1. The van der Waals surface area contributed by atoms with Gasteiger partial charge in [-0.15, -0.1) is 0 Å². The fourth-order valence-corrected chi connectivity index (χ4v) is 6.30. The van der Waals surface area contributed by atoms with E-state index in [0.717, 1.165) is 25.0 Å². The van der Waals surface area contributed by atoms with Crippen LogP contribution in [-0.2, 0) is 4.74 Å². The van der Waals surface area contributed by atoms with Crippen LogP contribution in [0.1, 0.15) is 77.6 Å². The Morgan fingerprint density at radius 1 is 1.04 bits per heavy atom. The fraction of sp³-hybridized carbons (Fsp3) is 0.955. The van der Waals surface area contributed by atoms with Crippen LogP contribution in [0.4, 0.5) is 0 Å². The van der Waals surface area contributed by atoms with Gasteiger partial charge in [0.25, 0.3) is 0 Å². The first kappa shape index (κ1) is 19.5. The molecule has 2 unspecified atom stereocenters. The number of nitrogens with one attached hydrogen (secondary N) is 2. The van der Waals surface area contributed by atoms with Crippen molar-refractivity contribution in [1.82, 2.24) is 15.5 Å². The smallest absolute Gasteiger partial charge is 0.191 e. The summed E-state index contributed by atoms with van der Waals surface area (Å²) in [4.78, 5) is 7.31. The van der Waals surface area contributed by atoms with Crippen molar-refractivity contribution in [3.8, 4) is 0 Å². The Kier molecular flexibility index (Phi) is 6.28. The van der Waals surface area contributed by atoms with Gasteiger partial charge in [-0.25, -0.2) is 0 Å². The Hall–Kier alpha value is -0.810. The molecule has 154 valence electrons. The van der Waals surface area contributed by atoms with Crippen molar-refractivity contribution in [3.63, 3.8) is 0 Å². The van der Waals surface area contributed by atoms with Crippen molar-refractivity contribution in [2.75, 3.05) is 26.7 Å². The third-order valence-corrected chi connectivity index (χ3v) is 7.93. The van der Waals surface area contributed by atoms with Gasteiger partial charge in [0.05, 0.1) is 6.10 Å². The number of hydrogen-bond donors (Lipinski definition) is 2. The second-order valence-corrected chi connectivity index (χ2v) is 9.28. The van der Waals surface area contributed by atoms with E-state index in [9.17, 15) is 0 Å². The monoisotopic (exact) mass is 376 g/mol. The highest BCUT2D eigenvalue weighted by Crippen LogP contribution is 2.54. The van der Waals surface area contributed by atoms with E-state index in [0.29, 0.717) is 23.6 Å². The summed E-state index contributed by atoms with van der Waals surface area (Å²) in [6.45, 7) is 5.46. The zero-order valence-electron chi connectivity index (χ0n) is 17.5. The summed E-state index contributed by atoms with van der Waals surface area (Å²) in [6.07, 6.45) is 15.1. The molecule has 2 N–H and O–H groups in total. The summed E-state index contributed by atoms with van der Waals surface area (Å²) in [5.74, 6) is 1.01. The van der Waals surface area contributed by atoms with E-state index in [4.69, 9.17) is 4.74 Å². The maximum absolute atomic E-state index is 6.07. The lowest BCUT2D eigenvalue weighted by Gasteiger charge is -2.54. The molecule has 0 aromatic rings. The minimum absolute atomic E-state index is 0.361. The lowest BCUT2D eigenvalue weighted by molar-refractivity contribution is -0.125. The van der Waals surface area contributed by atoms with Gasteiger partial charge >= 0.3 is 0 Å². The third-order valence-electron chi connectivity index (χ3n) is 7.93. The van der Waals surface area contributed by atoms with Crippen LogP contribution in [0.15, 0.2) is 4.99 Å². The van der Waals surface area contributed by atoms with Crippen LogP contribution in [0.3, 0.4) is 0 Å². The number of nitrogens with zero attached hydrogens (tertiary/aromatic N) is 2. The van der Waals surface area contributed by atoms with Crippen molar-refractivity contribution in [3.05, 3.63) is 0 Å². The molecule has 4 rings (SSSR count). The SMILES string of the molecule is CCOC1CC(NC(=NC)NC2CCN(C3CCCC3)CC2)C12CCCC2. The lowest BCUT2D eigenvalue weighted by Crippen LogP contribution is -2.65. The second-order valence-electron chi connectivity index (χ2n) is 9.28. The van der Waals surface area contributed by atoms with Gasteiger partial charge in [0, 0.05) is 50.3 Å². The molecule has 27 heavy (non-hydrogen) atoms. The maximum Gasteiger partial charge on any atom is 0.191 e. The normalized spacial score (nSPS) is 32.7. The highest BCUT2D eigenvalue weighted by atomic mass is 16.5. The van der Waals surface area contributed by atoms with Crippen molar-refractivity contribution in [2.45, 2.75) is 102 Å². The lowest BCUT2D eigenvalue weighted by atomic mass is 9.60. The first-order valence-electron chi connectivity index (χ1n) is 11.6. The van der Waals surface area contributed by atoms with Crippen LogP contribution in [-0.4, -0.2) is 61.8 Å². The number of rotatable bonds is 5. The van der Waals surface area contributed by atoms with Crippen LogP contribution in [0, 0.1) is 5.41 Å². The molecule has 4 fully saturated rings. The molecule has 1 saturated heterocycles. The van der Waals surface area contributed by atoms with Crippen molar-refractivity contribution in [1.29, 1.82) is 0 Å². The minimum Gasteiger partial charge on any atom is -0.378 e. The Morgan fingerprint density at radius 2 is 1.74 bits per heavy atom. The number of hydrogen-bond acceptors (Lipinski definition) is 3. The molecule has 2 atom stereocenters. The minimum atomic E-state index is 0.361. The third kappa shape index (κ3) is 4.00. The van der Waals surface area contributed by atoms with E-state index in [1.165, 1.54) is 77.3 Å². The standard InChI is InChI=1S/C22H40N4O/c1-3-27-20-16-19(22(20)12-6-7-13-22)25-21(23-2)24-17-10-14-26(15-11-17)18-8-4-5-9-18/h17-20H,3-16H2,1-2H3,(H2,23,24,25). The van der Waals surface area contributed by atoms with E-state index in [2.05, 4.69) is 27.4 Å². The van der Waals surface area contributed by atoms with E-state index in [1.807, 2.05) is 7.05 Å². The molecule has 0 amide bonds. The van der Waals surface area contributed by atoms with Crippen LogP contribution in [0.2, 0.25) is 0 Å². The zero-order chi connectivity index (χ0) is 18.7. The Balaban J connectivity index is 1.26. The summed E-state index contributed by atoms with van der Waals surface area (Å²) in [7, 11) is 1.92. The van der Waals surface area contributed by atoms with E-state index in [-0.39, 0.29) is 0 Å². The second kappa shape index (κ2) is 8.69. The molecule has 3 saturated carbocycles. The van der Waals surface area contributed by atoms with Gasteiger partial charge in [-0.2, -0.15) is 0 Å².